The Morgan fingerprint density at radius 3 is 1.95 bits per heavy atom. The Morgan fingerprint density at radius 2 is 1.57 bits per heavy atom. The molecule has 2 amide bonds. The number of carbonyl (C=O) groups is 2. The predicted molar refractivity (Wildman–Crippen MR) is 79.2 cm³/mol. The molecule has 0 bridgehead atoms. The molecule has 0 fully saturated rings. The standard InChI is InChI=1S/C14H28N2O5/c1-11(15-13(18)21-14(2,3)4)12(17)16(7-9-19-5)8-10-20-6/h11H,7-10H2,1-6H3,(H,15,18). The maximum atomic E-state index is 12.3. The molecule has 1 N–H and O–H groups in total. The Bertz CT molecular complexity index is 320. The van der Waals surface area contributed by atoms with Gasteiger partial charge in [-0.3, -0.25) is 4.79 Å². The van der Waals surface area contributed by atoms with Crippen molar-refractivity contribution in [3.05, 3.63) is 0 Å². The second-order valence-electron chi connectivity index (χ2n) is 5.68. The first-order valence-corrected chi connectivity index (χ1v) is 6.97. The molecule has 0 aliphatic heterocycles. The van der Waals surface area contributed by atoms with Gasteiger partial charge in [-0.25, -0.2) is 4.79 Å². The van der Waals surface area contributed by atoms with Crippen LogP contribution in [-0.4, -0.2) is 69.1 Å². The number of nitrogens with zero attached hydrogens (tertiary/aromatic N) is 1. The second kappa shape index (κ2) is 9.57. The Morgan fingerprint density at radius 1 is 1.10 bits per heavy atom. The van der Waals surface area contributed by atoms with Crippen LogP contribution < -0.4 is 5.32 Å². The van der Waals surface area contributed by atoms with E-state index in [4.69, 9.17) is 14.2 Å². The first-order chi connectivity index (χ1) is 9.71. The molecule has 0 radical (unpaired) electrons. The number of amides is 2. The fourth-order valence-electron chi connectivity index (χ4n) is 1.56. The summed E-state index contributed by atoms with van der Waals surface area (Å²) in [4.78, 5) is 25.6. The van der Waals surface area contributed by atoms with Crippen LogP contribution in [0.5, 0.6) is 0 Å². The number of methoxy groups -OCH3 is 2. The van der Waals surface area contributed by atoms with Gasteiger partial charge in [0.1, 0.15) is 11.6 Å². The SMILES string of the molecule is COCCN(CCOC)C(=O)C(C)NC(=O)OC(C)(C)C. The van der Waals surface area contributed by atoms with E-state index in [2.05, 4.69) is 5.32 Å². The van der Waals surface area contributed by atoms with Crippen molar-refractivity contribution in [1.29, 1.82) is 0 Å². The van der Waals surface area contributed by atoms with Crippen molar-refractivity contribution in [3.8, 4) is 0 Å². The molecule has 1 unspecified atom stereocenters. The summed E-state index contributed by atoms with van der Waals surface area (Å²) in [6.45, 7) is 8.66. The number of carbonyl (C=O) groups excluding carboxylic acids is 2. The maximum Gasteiger partial charge on any atom is 0.408 e. The summed E-state index contributed by atoms with van der Waals surface area (Å²) in [5.41, 5.74) is -0.599. The predicted octanol–water partition coefficient (Wildman–Crippen LogP) is 1.02. The monoisotopic (exact) mass is 304 g/mol. The van der Waals surface area contributed by atoms with E-state index in [0.29, 0.717) is 26.3 Å². The van der Waals surface area contributed by atoms with Crippen LogP contribution in [0, 0.1) is 0 Å². The summed E-state index contributed by atoms with van der Waals surface area (Å²) in [6, 6.07) is -0.673. The van der Waals surface area contributed by atoms with E-state index in [0.717, 1.165) is 0 Å². The number of hydrogen-bond donors (Lipinski definition) is 1. The molecule has 0 rings (SSSR count). The summed E-state index contributed by atoms with van der Waals surface area (Å²) in [5.74, 6) is -0.199. The normalized spacial score (nSPS) is 12.7. The molecule has 0 aliphatic carbocycles. The van der Waals surface area contributed by atoms with Gasteiger partial charge in [0, 0.05) is 27.3 Å². The van der Waals surface area contributed by atoms with Gasteiger partial charge in [0.25, 0.3) is 0 Å². The Labute approximate surface area is 126 Å². The van der Waals surface area contributed by atoms with Crippen molar-refractivity contribution in [2.24, 2.45) is 0 Å². The zero-order chi connectivity index (χ0) is 16.5. The molecule has 0 saturated heterocycles. The number of ether oxygens (including phenoxy) is 3. The number of alkyl carbamates (subject to hydrolysis) is 1. The molecule has 1 atom stereocenters. The lowest BCUT2D eigenvalue weighted by atomic mass is 10.2. The van der Waals surface area contributed by atoms with Gasteiger partial charge in [0.2, 0.25) is 5.91 Å². The zero-order valence-electron chi connectivity index (χ0n) is 13.9. The minimum Gasteiger partial charge on any atom is -0.444 e. The highest BCUT2D eigenvalue weighted by atomic mass is 16.6. The molecule has 21 heavy (non-hydrogen) atoms. The van der Waals surface area contributed by atoms with E-state index in [9.17, 15) is 9.59 Å². The molecule has 0 saturated carbocycles. The minimum absolute atomic E-state index is 0.199. The molecule has 0 aromatic heterocycles. The van der Waals surface area contributed by atoms with Gasteiger partial charge in [-0.15, -0.1) is 0 Å². The van der Waals surface area contributed by atoms with Crippen LogP contribution in [0.3, 0.4) is 0 Å². The van der Waals surface area contributed by atoms with E-state index in [1.165, 1.54) is 0 Å². The molecule has 7 nitrogen and oxygen atoms in total. The minimum atomic E-state index is -0.673. The lowest BCUT2D eigenvalue weighted by Crippen LogP contribution is -2.49. The highest BCUT2D eigenvalue weighted by molar-refractivity contribution is 5.85. The van der Waals surface area contributed by atoms with Crippen LogP contribution in [-0.2, 0) is 19.0 Å². The van der Waals surface area contributed by atoms with Crippen molar-refractivity contribution in [3.63, 3.8) is 0 Å². The summed E-state index contributed by atoms with van der Waals surface area (Å²) >= 11 is 0. The van der Waals surface area contributed by atoms with E-state index in [1.807, 2.05) is 0 Å². The van der Waals surface area contributed by atoms with Gasteiger partial charge in [-0.2, -0.15) is 0 Å². The Kier molecular flexibility index (Phi) is 8.96. The van der Waals surface area contributed by atoms with Crippen molar-refractivity contribution in [1.82, 2.24) is 10.2 Å². The molecule has 124 valence electrons. The number of rotatable bonds is 8. The molecule has 0 aliphatic rings. The molecule has 0 heterocycles. The topological polar surface area (TPSA) is 77.1 Å². The molecule has 0 aromatic carbocycles. The summed E-state index contributed by atoms with van der Waals surface area (Å²) in [7, 11) is 3.14. The third kappa shape index (κ3) is 9.25. The fourth-order valence-corrected chi connectivity index (χ4v) is 1.56. The smallest absolute Gasteiger partial charge is 0.408 e. The van der Waals surface area contributed by atoms with Gasteiger partial charge in [0.05, 0.1) is 13.2 Å². The first kappa shape index (κ1) is 19.7. The fraction of sp³-hybridized carbons (Fsp3) is 0.857. The van der Waals surface area contributed by atoms with Crippen LogP contribution in [0.4, 0.5) is 4.79 Å². The largest absolute Gasteiger partial charge is 0.444 e. The van der Waals surface area contributed by atoms with Crippen molar-refractivity contribution in [2.75, 3.05) is 40.5 Å². The molecule has 7 heteroatoms. The third-order valence-electron chi connectivity index (χ3n) is 2.55. The highest BCUT2D eigenvalue weighted by Crippen LogP contribution is 2.07. The average molecular weight is 304 g/mol. The number of hydrogen-bond acceptors (Lipinski definition) is 5. The van der Waals surface area contributed by atoms with Crippen LogP contribution >= 0.6 is 0 Å². The quantitative estimate of drug-likeness (QED) is 0.724. The van der Waals surface area contributed by atoms with Crippen molar-refractivity contribution in [2.45, 2.75) is 39.3 Å². The molecular weight excluding hydrogens is 276 g/mol. The summed E-state index contributed by atoms with van der Waals surface area (Å²) < 4.78 is 15.1. The van der Waals surface area contributed by atoms with E-state index >= 15 is 0 Å². The van der Waals surface area contributed by atoms with Gasteiger partial charge in [-0.05, 0) is 27.7 Å². The van der Waals surface area contributed by atoms with E-state index < -0.39 is 17.7 Å². The Hall–Kier alpha value is -1.34. The van der Waals surface area contributed by atoms with Crippen LogP contribution in [0.15, 0.2) is 0 Å². The number of nitrogens with one attached hydrogen (secondary N) is 1. The average Bonchev–Trinajstić information content (AvgIpc) is 2.35. The van der Waals surface area contributed by atoms with Crippen LogP contribution in [0.2, 0.25) is 0 Å². The van der Waals surface area contributed by atoms with Crippen LogP contribution in [0.1, 0.15) is 27.7 Å². The van der Waals surface area contributed by atoms with Crippen molar-refractivity contribution >= 4 is 12.0 Å². The van der Waals surface area contributed by atoms with Gasteiger partial charge in [-0.1, -0.05) is 0 Å². The lowest BCUT2D eigenvalue weighted by Gasteiger charge is -2.27. The Balaban J connectivity index is 4.49. The summed E-state index contributed by atoms with van der Waals surface area (Å²) in [6.07, 6.45) is -0.609. The second-order valence-corrected chi connectivity index (χ2v) is 5.68. The van der Waals surface area contributed by atoms with Crippen molar-refractivity contribution < 1.29 is 23.8 Å². The molecule has 0 spiro atoms. The summed E-state index contributed by atoms with van der Waals surface area (Å²) in [5, 5.41) is 2.54. The van der Waals surface area contributed by atoms with E-state index in [1.54, 1.807) is 46.8 Å². The molecular formula is C14H28N2O5. The lowest BCUT2D eigenvalue weighted by molar-refractivity contribution is -0.134. The first-order valence-electron chi connectivity index (χ1n) is 6.97. The van der Waals surface area contributed by atoms with Crippen LogP contribution in [0.25, 0.3) is 0 Å². The van der Waals surface area contributed by atoms with Gasteiger partial charge >= 0.3 is 6.09 Å². The van der Waals surface area contributed by atoms with Gasteiger partial charge < -0.3 is 24.4 Å². The van der Waals surface area contributed by atoms with E-state index in [-0.39, 0.29) is 5.91 Å². The third-order valence-corrected chi connectivity index (χ3v) is 2.55. The molecule has 0 aromatic rings. The highest BCUT2D eigenvalue weighted by Gasteiger charge is 2.24. The van der Waals surface area contributed by atoms with Gasteiger partial charge in [0.15, 0.2) is 0 Å². The zero-order valence-corrected chi connectivity index (χ0v) is 13.9. The maximum absolute atomic E-state index is 12.3.